The Morgan fingerprint density at radius 2 is 2.00 bits per heavy atom. The number of aromatic nitrogens is 1. The molecule has 0 atom stereocenters. The molecule has 0 aliphatic carbocycles. The molecule has 0 saturated heterocycles. The van der Waals surface area contributed by atoms with Gasteiger partial charge in [-0.3, -0.25) is 14.9 Å². The van der Waals surface area contributed by atoms with E-state index >= 15 is 0 Å². The van der Waals surface area contributed by atoms with Crippen molar-refractivity contribution in [3.8, 4) is 5.69 Å². The Bertz CT molecular complexity index is 1020. The van der Waals surface area contributed by atoms with Gasteiger partial charge in [-0.2, -0.15) is 5.10 Å². The number of hydrazone groups is 1. The molecule has 1 aromatic heterocycles. The zero-order chi connectivity index (χ0) is 19.9. The van der Waals surface area contributed by atoms with Crippen molar-refractivity contribution < 1.29 is 9.72 Å². The van der Waals surface area contributed by atoms with Crippen LogP contribution < -0.4 is 5.43 Å². The van der Waals surface area contributed by atoms with Gasteiger partial charge in [0.25, 0.3) is 5.69 Å². The minimum absolute atomic E-state index is 0.00150. The summed E-state index contributed by atoms with van der Waals surface area (Å²) < 4.78 is 1.74. The van der Waals surface area contributed by atoms with Gasteiger partial charge in [-0.05, 0) is 42.5 Å². The Balaban J connectivity index is 1.60. The second-order valence-corrected chi connectivity index (χ2v) is 7.10. The molecule has 1 N–H and O–H groups in total. The van der Waals surface area contributed by atoms with Crippen molar-refractivity contribution in [1.29, 1.82) is 0 Å². The molecule has 3 aromatic rings. The third-order valence-corrected chi connectivity index (χ3v) is 4.93. The number of nitro groups is 1. The first-order chi connectivity index (χ1) is 13.5. The summed E-state index contributed by atoms with van der Waals surface area (Å²) in [5.41, 5.74) is 3.78. The zero-order valence-corrected chi connectivity index (χ0v) is 16.1. The number of nitrogens with zero attached hydrogens (tertiary/aromatic N) is 3. The molecule has 0 unspecified atom stereocenters. The SMILES string of the molecule is O=C(CSc1ccc(Cl)cc1)N/N=C\c1cccn1-c1cccc([N+](=O)[O-])c1. The molecule has 1 heterocycles. The highest BCUT2D eigenvalue weighted by Crippen LogP contribution is 2.20. The van der Waals surface area contributed by atoms with Crippen LogP contribution in [0.25, 0.3) is 5.69 Å². The van der Waals surface area contributed by atoms with E-state index in [0.717, 1.165) is 4.90 Å². The lowest BCUT2D eigenvalue weighted by molar-refractivity contribution is -0.384. The van der Waals surface area contributed by atoms with Gasteiger partial charge in [-0.25, -0.2) is 5.43 Å². The standard InChI is InChI=1S/C19H15ClN4O3S/c20-14-6-8-18(9-7-14)28-13-19(25)22-21-12-17-5-2-10-23(17)15-3-1-4-16(11-15)24(26)27/h1-12H,13H2,(H,22,25)/b21-12-. The Morgan fingerprint density at radius 3 is 2.75 bits per heavy atom. The number of hydrogen-bond acceptors (Lipinski definition) is 5. The molecule has 3 rings (SSSR count). The van der Waals surface area contributed by atoms with Gasteiger partial charge in [0, 0.05) is 28.2 Å². The third-order valence-electron chi connectivity index (χ3n) is 3.67. The van der Waals surface area contributed by atoms with Crippen molar-refractivity contribution in [2.24, 2.45) is 5.10 Å². The minimum atomic E-state index is -0.445. The van der Waals surface area contributed by atoms with E-state index in [1.54, 1.807) is 47.2 Å². The van der Waals surface area contributed by atoms with E-state index in [2.05, 4.69) is 10.5 Å². The van der Waals surface area contributed by atoms with Gasteiger partial charge in [0.05, 0.1) is 28.3 Å². The van der Waals surface area contributed by atoms with Crippen LogP contribution in [0.15, 0.2) is 76.9 Å². The molecule has 0 fully saturated rings. The molecule has 0 bridgehead atoms. The van der Waals surface area contributed by atoms with Crippen LogP contribution in [0, 0.1) is 10.1 Å². The summed E-state index contributed by atoms with van der Waals surface area (Å²) >= 11 is 7.21. The number of benzene rings is 2. The van der Waals surface area contributed by atoms with Gasteiger partial charge < -0.3 is 4.57 Å². The monoisotopic (exact) mass is 414 g/mol. The summed E-state index contributed by atoms with van der Waals surface area (Å²) in [4.78, 5) is 23.4. The molecule has 7 nitrogen and oxygen atoms in total. The Kier molecular flexibility index (Phi) is 6.46. The van der Waals surface area contributed by atoms with Gasteiger partial charge in [0.15, 0.2) is 0 Å². The van der Waals surface area contributed by atoms with Gasteiger partial charge in [-0.1, -0.05) is 17.7 Å². The second-order valence-electron chi connectivity index (χ2n) is 5.62. The number of halogens is 1. The van der Waals surface area contributed by atoms with E-state index in [1.807, 2.05) is 12.1 Å². The Morgan fingerprint density at radius 1 is 1.21 bits per heavy atom. The van der Waals surface area contributed by atoms with Crippen molar-refractivity contribution in [2.75, 3.05) is 5.75 Å². The summed E-state index contributed by atoms with van der Waals surface area (Å²) in [6, 6.07) is 17.1. The second kappa shape index (κ2) is 9.20. The molecule has 0 radical (unpaired) electrons. The van der Waals surface area contributed by atoms with Crippen LogP contribution in [0.3, 0.4) is 0 Å². The fourth-order valence-electron chi connectivity index (χ4n) is 2.37. The van der Waals surface area contributed by atoms with E-state index in [4.69, 9.17) is 11.6 Å². The number of rotatable bonds is 7. The van der Waals surface area contributed by atoms with E-state index in [1.165, 1.54) is 30.1 Å². The summed E-state index contributed by atoms with van der Waals surface area (Å²) in [6.07, 6.45) is 3.25. The summed E-state index contributed by atoms with van der Waals surface area (Å²) in [5, 5.41) is 15.6. The molecule has 0 spiro atoms. The molecular formula is C19H15ClN4O3S. The predicted molar refractivity (Wildman–Crippen MR) is 110 cm³/mol. The fourth-order valence-corrected chi connectivity index (χ4v) is 3.19. The van der Waals surface area contributed by atoms with Gasteiger partial charge in [-0.15, -0.1) is 11.8 Å². The number of non-ortho nitro benzene ring substituents is 1. The number of hydrogen-bond donors (Lipinski definition) is 1. The lowest BCUT2D eigenvalue weighted by Gasteiger charge is -2.06. The van der Waals surface area contributed by atoms with E-state index < -0.39 is 4.92 Å². The van der Waals surface area contributed by atoms with Crippen LogP contribution in [-0.2, 0) is 4.79 Å². The lowest BCUT2D eigenvalue weighted by Crippen LogP contribution is -2.19. The van der Waals surface area contributed by atoms with Gasteiger partial charge in [0.2, 0.25) is 5.91 Å². The minimum Gasteiger partial charge on any atom is -0.315 e. The van der Waals surface area contributed by atoms with Crippen LogP contribution in [0.2, 0.25) is 5.02 Å². The van der Waals surface area contributed by atoms with Crippen molar-refractivity contribution in [3.05, 3.63) is 87.7 Å². The highest BCUT2D eigenvalue weighted by atomic mass is 35.5. The van der Waals surface area contributed by atoms with Crippen molar-refractivity contribution >= 4 is 41.2 Å². The van der Waals surface area contributed by atoms with Crippen molar-refractivity contribution in [3.63, 3.8) is 0 Å². The fraction of sp³-hybridized carbons (Fsp3) is 0.0526. The first-order valence-electron chi connectivity index (χ1n) is 8.15. The molecule has 9 heteroatoms. The maximum atomic E-state index is 11.9. The van der Waals surface area contributed by atoms with E-state index in [-0.39, 0.29) is 17.3 Å². The quantitative estimate of drug-likeness (QED) is 0.270. The Labute approximate surface area is 170 Å². The first kappa shape index (κ1) is 19.7. The highest BCUT2D eigenvalue weighted by Gasteiger charge is 2.08. The van der Waals surface area contributed by atoms with E-state index in [0.29, 0.717) is 16.4 Å². The summed E-state index contributed by atoms with van der Waals surface area (Å²) in [7, 11) is 0. The van der Waals surface area contributed by atoms with Crippen LogP contribution in [0.5, 0.6) is 0 Å². The third kappa shape index (κ3) is 5.21. The van der Waals surface area contributed by atoms with E-state index in [9.17, 15) is 14.9 Å². The highest BCUT2D eigenvalue weighted by molar-refractivity contribution is 8.00. The molecule has 0 aliphatic heterocycles. The zero-order valence-electron chi connectivity index (χ0n) is 14.5. The average Bonchev–Trinajstić information content (AvgIpc) is 3.16. The van der Waals surface area contributed by atoms with Crippen molar-refractivity contribution in [2.45, 2.75) is 4.90 Å². The number of carbonyl (C=O) groups excluding carboxylic acids is 1. The largest absolute Gasteiger partial charge is 0.315 e. The number of carbonyl (C=O) groups is 1. The lowest BCUT2D eigenvalue weighted by atomic mass is 10.2. The topological polar surface area (TPSA) is 89.5 Å². The maximum absolute atomic E-state index is 11.9. The van der Waals surface area contributed by atoms with Crippen LogP contribution in [-0.4, -0.2) is 27.4 Å². The number of nitro benzene ring substituents is 1. The first-order valence-corrected chi connectivity index (χ1v) is 9.52. The molecule has 1 amide bonds. The van der Waals surface area contributed by atoms with Crippen LogP contribution in [0.1, 0.15) is 5.69 Å². The molecule has 142 valence electrons. The van der Waals surface area contributed by atoms with Gasteiger partial charge >= 0.3 is 0 Å². The predicted octanol–water partition coefficient (Wildman–Crippen LogP) is 4.28. The number of nitrogens with one attached hydrogen (secondary N) is 1. The average molecular weight is 415 g/mol. The summed E-state index contributed by atoms with van der Waals surface area (Å²) in [5.74, 6) is -0.0325. The maximum Gasteiger partial charge on any atom is 0.271 e. The molecule has 0 aliphatic rings. The van der Waals surface area contributed by atoms with Gasteiger partial charge in [0.1, 0.15) is 0 Å². The van der Waals surface area contributed by atoms with Crippen molar-refractivity contribution in [1.82, 2.24) is 9.99 Å². The van der Waals surface area contributed by atoms with Crippen LogP contribution in [0.4, 0.5) is 5.69 Å². The normalized spacial score (nSPS) is 10.9. The van der Waals surface area contributed by atoms with Crippen LogP contribution >= 0.6 is 23.4 Å². The molecule has 28 heavy (non-hydrogen) atoms. The summed E-state index contributed by atoms with van der Waals surface area (Å²) in [6.45, 7) is 0. The smallest absolute Gasteiger partial charge is 0.271 e. The molecule has 0 saturated carbocycles. The molecular weight excluding hydrogens is 400 g/mol. The number of amides is 1. The molecule has 2 aromatic carbocycles. The Hall–Kier alpha value is -3.10. The number of thioether (sulfide) groups is 1.